The number of hydrogen-bond acceptors (Lipinski definition) is 2. The van der Waals surface area contributed by atoms with Gasteiger partial charge in [-0.2, -0.15) is 11.8 Å². The minimum atomic E-state index is 0.232. The van der Waals surface area contributed by atoms with Gasteiger partial charge in [-0.05, 0) is 43.4 Å². The van der Waals surface area contributed by atoms with E-state index in [4.69, 9.17) is 5.41 Å². The molecule has 124 valence electrons. The van der Waals surface area contributed by atoms with Crippen LogP contribution in [0.5, 0.6) is 0 Å². The van der Waals surface area contributed by atoms with Crippen molar-refractivity contribution in [2.45, 2.75) is 84.8 Å². The lowest BCUT2D eigenvalue weighted by Gasteiger charge is -2.40. The Morgan fingerprint density at radius 1 is 1.19 bits per heavy atom. The maximum atomic E-state index is 7.45. The van der Waals surface area contributed by atoms with Gasteiger partial charge in [-0.3, -0.25) is 0 Å². The van der Waals surface area contributed by atoms with E-state index in [1.165, 1.54) is 56.1 Å². The number of allylic oxidation sites excluding steroid dienone is 1. The van der Waals surface area contributed by atoms with E-state index in [1.54, 1.807) is 0 Å². The van der Waals surface area contributed by atoms with Gasteiger partial charge >= 0.3 is 0 Å². The summed E-state index contributed by atoms with van der Waals surface area (Å²) < 4.78 is 0.232. The third-order valence-electron chi connectivity index (χ3n) is 4.92. The Morgan fingerprint density at radius 3 is 2.33 bits per heavy atom. The van der Waals surface area contributed by atoms with E-state index < -0.39 is 0 Å². The van der Waals surface area contributed by atoms with E-state index in [0.29, 0.717) is 5.92 Å². The zero-order chi connectivity index (χ0) is 16.3. The zero-order valence-electron chi connectivity index (χ0n) is 15.2. The maximum absolute atomic E-state index is 7.45. The van der Waals surface area contributed by atoms with Crippen molar-refractivity contribution < 1.29 is 0 Å². The van der Waals surface area contributed by atoms with Crippen molar-refractivity contribution in [2.24, 2.45) is 11.8 Å². The highest BCUT2D eigenvalue weighted by Gasteiger charge is 2.36. The molecule has 0 fully saturated rings. The summed E-state index contributed by atoms with van der Waals surface area (Å²) in [5, 5.41) is 7.45. The Morgan fingerprint density at radius 2 is 1.86 bits per heavy atom. The standard InChI is InChI=1S/C19H37NS/c1-7-15-21-19(17(5)9-3,18(6)12-14-20)13-10-11-16(4)8-2/h12,14,16-17,20H,7-11,13,15H2,1-6H3/b18-12+,20-14?. The second-order valence-electron chi connectivity index (χ2n) is 6.47. The lowest BCUT2D eigenvalue weighted by molar-refractivity contribution is 0.382. The molecule has 0 saturated carbocycles. The molecule has 0 amide bonds. The highest BCUT2D eigenvalue weighted by atomic mass is 32.2. The summed E-state index contributed by atoms with van der Waals surface area (Å²) in [6.07, 6.45) is 11.1. The Hall–Kier alpha value is -0.240. The third kappa shape index (κ3) is 6.59. The first-order valence-corrected chi connectivity index (χ1v) is 9.78. The molecule has 3 atom stereocenters. The highest BCUT2D eigenvalue weighted by Crippen LogP contribution is 2.45. The second-order valence-corrected chi connectivity index (χ2v) is 7.89. The molecule has 0 rings (SSSR count). The summed E-state index contributed by atoms with van der Waals surface area (Å²) in [5.41, 5.74) is 1.40. The second kappa shape index (κ2) is 11.3. The van der Waals surface area contributed by atoms with Crippen LogP contribution in [0.3, 0.4) is 0 Å². The fourth-order valence-corrected chi connectivity index (χ4v) is 4.56. The van der Waals surface area contributed by atoms with Gasteiger partial charge in [-0.1, -0.05) is 65.9 Å². The van der Waals surface area contributed by atoms with Crippen molar-refractivity contribution in [3.63, 3.8) is 0 Å². The molecule has 0 aliphatic rings. The van der Waals surface area contributed by atoms with Crippen LogP contribution < -0.4 is 0 Å². The van der Waals surface area contributed by atoms with Crippen molar-refractivity contribution in [3.8, 4) is 0 Å². The van der Waals surface area contributed by atoms with Crippen LogP contribution in [0.15, 0.2) is 11.6 Å². The van der Waals surface area contributed by atoms with Gasteiger partial charge in [0, 0.05) is 11.0 Å². The molecule has 0 heterocycles. The molecule has 2 heteroatoms. The van der Waals surface area contributed by atoms with Gasteiger partial charge in [0.05, 0.1) is 0 Å². The van der Waals surface area contributed by atoms with Gasteiger partial charge < -0.3 is 5.41 Å². The van der Waals surface area contributed by atoms with Gasteiger partial charge in [-0.15, -0.1) is 0 Å². The van der Waals surface area contributed by atoms with Crippen molar-refractivity contribution in [1.82, 2.24) is 0 Å². The average molecular weight is 312 g/mol. The Kier molecular flexibility index (Phi) is 11.2. The minimum Gasteiger partial charge on any atom is -0.309 e. The van der Waals surface area contributed by atoms with E-state index in [-0.39, 0.29) is 4.75 Å². The molecule has 21 heavy (non-hydrogen) atoms. The molecule has 0 aromatic rings. The fourth-order valence-electron chi connectivity index (χ4n) is 2.96. The number of thioether (sulfide) groups is 1. The first kappa shape index (κ1) is 20.8. The fraction of sp³-hybridized carbons (Fsp3) is 0.842. The minimum absolute atomic E-state index is 0.232. The predicted molar refractivity (Wildman–Crippen MR) is 101 cm³/mol. The molecular weight excluding hydrogens is 274 g/mol. The first-order chi connectivity index (χ1) is 9.98. The summed E-state index contributed by atoms with van der Waals surface area (Å²) in [6, 6.07) is 0. The van der Waals surface area contributed by atoms with Crippen LogP contribution in [0.4, 0.5) is 0 Å². The van der Waals surface area contributed by atoms with Gasteiger partial charge in [0.2, 0.25) is 0 Å². The summed E-state index contributed by atoms with van der Waals surface area (Å²) >= 11 is 2.14. The van der Waals surface area contributed by atoms with Crippen LogP contribution in [0.1, 0.15) is 80.1 Å². The molecule has 0 aromatic heterocycles. The van der Waals surface area contributed by atoms with E-state index in [1.807, 2.05) is 6.08 Å². The van der Waals surface area contributed by atoms with E-state index in [0.717, 1.165) is 5.92 Å². The molecule has 0 radical (unpaired) electrons. The topological polar surface area (TPSA) is 23.9 Å². The quantitative estimate of drug-likeness (QED) is 0.397. The van der Waals surface area contributed by atoms with Crippen LogP contribution in [0.2, 0.25) is 0 Å². The number of nitrogens with one attached hydrogen (secondary N) is 1. The summed E-state index contributed by atoms with van der Waals surface area (Å²) in [5.74, 6) is 2.72. The molecule has 1 N–H and O–H groups in total. The molecule has 3 unspecified atom stereocenters. The van der Waals surface area contributed by atoms with Crippen LogP contribution in [0, 0.1) is 17.2 Å². The van der Waals surface area contributed by atoms with Gasteiger partial charge in [-0.25, -0.2) is 0 Å². The van der Waals surface area contributed by atoms with E-state index in [9.17, 15) is 0 Å². The first-order valence-electron chi connectivity index (χ1n) is 8.80. The van der Waals surface area contributed by atoms with Crippen LogP contribution in [0.25, 0.3) is 0 Å². The van der Waals surface area contributed by atoms with Gasteiger partial charge in [0.1, 0.15) is 0 Å². The van der Waals surface area contributed by atoms with Crippen LogP contribution >= 0.6 is 11.8 Å². The number of rotatable bonds is 12. The van der Waals surface area contributed by atoms with Gasteiger partial charge in [0.15, 0.2) is 0 Å². The Balaban J connectivity index is 5.15. The highest BCUT2D eigenvalue weighted by molar-refractivity contribution is 8.00. The van der Waals surface area contributed by atoms with E-state index in [2.05, 4.69) is 53.3 Å². The van der Waals surface area contributed by atoms with Crippen molar-refractivity contribution in [1.29, 1.82) is 5.41 Å². The van der Waals surface area contributed by atoms with Crippen molar-refractivity contribution in [2.75, 3.05) is 5.75 Å². The van der Waals surface area contributed by atoms with Crippen LogP contribution in [-0.2, 0) is 0 Å². The smallest absolute Gasteiger partial charge is 0.0394 e. The molecule has 0 aromatic carbocycles. The third-order valence-corrected chi connectivity index (χ3v) is 6.97. The summed E-state index contributed by atoms with van der Waals surface area (Å²) in [7, 11) is 0. The normalized spacial score (nSPS) is 18.1. The summed E-state index contributed by atoms with van der Waals surface area (Å²) in [4.78, 5) is 0. The Bertz CT molecular complexity index is 311. The summed E-state index contributed by atoms with van der Waals surface area (Å²) in [6.45, 7) is 13.9. The van der Waals surface area contributed by atoms with Crippen LogP contribution in [-0.4, -0.2) is 16.7 Å². The largest absolute Gasteiger partial charge is 0.309 e. The maximum Gasteiger partial charge on any atom is 0.0394 e. The average Bonchev–Trinajstić information content (AvgIpc) is 2.49. The zero-order valence-corrected chi connectivity index (χ0v) is 16.0. The van der Waals surface area contributed by atoms with Crippen molar-refractivity contribution in [3.05, 3.63) is 11.6 Å². The molecule has 0 spiro atoms. The molecule has 1 nitrogen and oxygen atoms in total. The lowest BCUT2D eigenvalue weighted by Crippen LogP contribution is -2.35. The lowest BCUT2D eigenvalue weighted by atomic mass is 9.80. The molecular formula is C19H37NS. The molecule has 0 aliphatic carbocycles. The SMILES string of the molecule is CCCSC(CCCC(C)CC)(/C(C)=C/C=N)C(C)CC. The van der Waals surface area contributed by atoms with Gasteiger partial charge in [0.25, 0.3) is 0 Å². The molecule has 0 bridgehead atoms. The molecule has 0 aliphatic heterocycles. The predicted octanol–water partition coefficient (Wildman–Crippen LogP) is 6.73. The molecule has 0 saturated heterocycles. The monoisotopic (exact) mass is 311 g/mol. The number of hydrogen-bond donors (Lipinski definition) is 1. The Labute approximate surface area is 137 Å². The van der Waals surface area contributed by atoms with E-state index >= 15 is 0 Å². The van der Waals surface area contributed by atoms with Crippen molar-refractivity contribution >= 4 is 18.0 Å².